The molecule has 33 heavy (non-hydrogen) atoms. The Morgan fingerprint density at radius 3 is 2.48 bits per heavy atom. The summed E-state index contributed by atoms with van der Waals surface area (Å²) in [6, 6.07) is 16.0. The van der Waals surface area contributed by atoms with Crippen LogP contribution in [0.5, 0.6) is 11.5 Å². The van der Waals surface area contributed by atoms with Crippen LogP contribution in [0.3, 0.4) is 0 Å². The van der Waals surface area contributed by atoms with E-state index in [2.05, 4.69) is 22.0 Å². The summed E-state index contributed by atoms with van der Waals surface area (Å²) in [7, 11) is 1.65. The van der Waals surface area contributed by atoms with Gasteiger partial charge in [0.15, 0.2) is 0 Å². The first kappa shape index (κ1) is 21.8. The Balaban J connectivity index is 1.24. The summed E-state index contributed by atoms with van der Waals surface area (Å²) in [6.07, 6.45) is 5.21. The molecular weight excluding hydrogens is 422 g/mol. The van der Waals surface area contributed by atoms with Gasteiger partial charge in [-0.1, -0.05) is 0 Å². The van der Waals surface area contributed by atoms with E-state index in [9.17, 15) is 0 Å². The second-order valence-electron chi connectivity index (χ2n) is 8.17. The molecule has 174 valence electrons. The quantitative estimate of drug-likeness (QED) is 0.521. The van der Waals surface area contributed by atoms with E-state index in [1.165, 1.54) is 5.69 Å². The number of methoxy groups -OCH3 is 1. The third-order valence-corrected chi connectivity index (χ3v) is 5.99. The summed E-state index contributed by atoms with van der Waals surface area (Å²) in [5, 5.41) is 0. The van der Waals surface area contributed by atoms with Crippen molar-refractivity contribution in [1.29, 1.82) is 0 Å². The van der Waals surface area contributed by atoms with Gasteiger partial charge in [0.2, 0.25) is 5.79 Å². The van der Waals surface area contributed by atoms with E-state index in [1.54, 1.807) is 19.6 Å². The topological polar surface area (TPSA) is 67.2 Å². The Morgan fingerprint density at radius 2 is 1.79 bits per heavy atom. The van der Waals surface area contributed by atoms with Gasteiger partial charge in [-0.15, -0.1) is 0 Å². The molecule has 2 atom stereocenters. The largest absolute Gasteiger partial charge is 0.497 e. The molecule has 0 bridgehead atoms. The van der Waals surface area contributed by atoms with E-state index in [0.717, 1.165) is 43.4 Å². The third-order valence-electron chi connectivity index (χ3n) is 5.99. The number of aromatic nitrogens is 2. The molecule has 2 saturated heterocycles. The second-order valence-corrected chi connectivity index (χ2v) is 8.17. The lowest BCUT2D eigenvalue weighted by molar-refractivity contribution is -0.189. The van der Waals surface area contributed by atoms with Crippen molar-refractivity contribution in [2.24, 2.45) is 0 Å². The number of nitrogens with zero attached hydrogens (tertiary/aromatic N) is 3. The number of imidazole rings is 1. The first-order valence-corrected chi connectivity index (χ1v) is 11.2. The highest BCUT2D eigenvalue weighted by Crippen LogP contribution is 2.37. The summed E-state index contributed by atoms with van der Waals surface area (Å²) in [5.41, 5.74) is 2.11. The first-order valence-electron chi connectivity index (χ1n) is 11.2. The average molecular weight is 452 g/mol. The zero-order valence-corrected chi connectivity index (χ0v) is 18.8. The summed E-state index contributed by atoms with van der Waals surface area (Å²) in [4.78, 5) is 6.47. The highest BCUT2D eigenvalue weighted by atomic mass is 16.8. The summed E-state index contributed by atoms with van der Waals surface area (Å²) < 4.78 is 31.5. The van der Waals surface area contributed by atoms with Crippen LogP contribution in [0.1, 0.15) is 5.56 Å². The van der Waals surface area contributed by atoms with E-state index in [1.807, 2.05) is 47.2 Å². The molecule has 3 aromatic rings. The van der Waals surface area contributed by atoms with Crippen LogP contribution in [-0.2, 0) is 26.5 Å². The van der Waals surface area contributed by atoms with Crippen LogP contribution in [0.2, 0.25) is 0 Å². The molecular formula is C25H29N3O5. The predicted octanol–water partition coefficient (Wildman–Crippen LogP) is 3.08. The average Bonchev–Trinajstić information content (AvgIpc) is 3.54. The molecule has 2 aliphatic rings. The van der Waals surface area contributed by atoms with Gasteiger partial charge in [-0.2, -0.15) is 0 Å². The number of hydrogen-bond acceptors (Lipinski definition) is 7. The maximum Gasteiger partial charge on any atom is 0.214 e. The molecule has 1 aromatic heterocycles. The van der Waals surface area contributed by atoms with E-state index < -0.39 is 5.79 Å². The number of ether oxygens (including phenoxy) is 5. The van der Waals surface area contributed by atoms with Crippen molar-refractivity contribution in [2.45, 2.75) is 18.4 Å². The van der Waals surface area contributed by atoms with Crippen LogP contribution in [-0.4, -0.2) is 62.3 Å². The van der Waals surface area contributed by atoms with Crippen LogP contribution in [0.25, 0.3) is 0 Å². The molecule has 2 unspecified atom stereocenters. The number of anilines is 1. The molecule has 8 nitrogen and oxygen atoms in total. The number of morpholine rings is 1. The predicted molar refractivity (Wildman–Crippen MR) is 123 cm³/mol. The van der Waals surface area contributed by atoms with Crippen molar-refractivity contribution < 1.29 is 23.7 Å². The minimum Gasteiger partial charge on any atom is -0.497 e. The van der Waals surface area contributed by atoms with Crippen molar-refractivity contribution in [1.82, 2.24) is 9.55 Å². The van der Waals surface area contributed by atoms with Gasteiger partial charge in [-0.05, 0) is 48.5 Å². The van der Waals surface area contributed by atoms with E-state index in [-0.39, 0.29) is 6.10 Å². The Morgan fingerprint density at radius 1 is 1.03 bits per heavy atom. The smallest absolute Gasteiger partial charge is 0.214 e. The molecule has 3 heterocycles. The fourth-order valence-corrected chi connectivity index (χ4v) is 4.20. The SMILES string of the molecule is COc1ccc(C2(Cn3ccnc3)OCC(COc3ccc(N4CCOCC4)cc3)O2)cc1. The van der Waals surface area contributed by atoms with Crippen molar-refractivity contribution >= 4 is 5.69 Å². The molecule has 0 radical (unpaired) electrons. The van der Waals surface area contributed by atoms with Crippen LogP contribution >= 0.6 is 0 Å². The Hall–Kier alpha value is -3.07. The number of hydrogen-bond donors (Lipinski definition) is 0. The lowest BCUT2D eigenvalue weighted by Gasteiger charge is -2.29. The van der Waals surface area contributed by atoms with Crippen molar-refractivity contribution in [3.63, 3.8) is 0 Å². The maximum atomic E-state index is 6.46. The molecule has 0 N–H and O–H groups in total. The molecule has 0 saturated carbocycles. The van der Waals surface area contributed by atoms with Crippen molar-refractivity contribution in [3.8, 4) is 11.5 Å². The van der Waals surface area contributed by atoms with Gasteiger partial charge < -0.3 is 33.2 Å². The molecule has 0 aliphatic carbocycles. The zero-order chi connectivity index (χ0) is 22.5. The summed E-state index contributed by atoms with van der Waals surface area (Å²) in [6.45, 7) is 4.70. The molecule has 2 fully saturated rings. The lowest BCUT2D eigenvalue weighted by Crippen LogP contribution is -2.36. The van der Waals surface area contributed by atoms with Crippen LogP contribution in [0, 0.1) is 0 Å². The van der Waals surface area contributed by atoms with Gasteiger partial charge in [0.1, 0.15) is 24.2 Å². The van der Waals surface area contributed by atoms with Gasteiger partial charge in [0.25, 0.3) is 0 Å². The molecule has 2 aliphatic heterocycles. The van der Waals surface area contributed by atoms with Crippen molar-refractivity contribution in [3.05, 3.63) is 72.8 Å². The zero-order valence-electron chi connectivity index (χ0n) is 18.8. The summed E-state index contributed by atoms with van der Waals surface area (Å²) in [5.74, 6) is 0.684. The molecule has 2 aromatic carbocycles. The first-order chi connectivity index (χ1) is 16.2. The fourth-order valence-electron chi connectivity index (χ4n) is 4.20. The number of benzene rings is 2. The van der Waals surface area contributed by atoms with Crippen LogP contribution < -0.4 is 14.4 Å². The van der Waals surface area contributed by atoms with E-state index in [0.29, 0.717) is 19.8 Å². The van der Waals surface area contributed by atoms with Crippen LogP contribution in [0.15, 0.2) is 67.3 Å². The highest BCUT2D eigenvalue weighted by molar-refractivity contribution is 5.49. The van der Waals surface area contributed by atoms with E-state index in [4.69, 9.17) is 23.7 Å². The van der Waals surface area contributed by atoms with Crippen LogP contribution in [0.4, 0.5) is 5.69 Å². The minimum atomic E-state index is -0.915. The Labute approximate surface area is 193 Å². The Bertz CT molecular complexity index is 1000. The minimum absolute atomic E-state index is 0.199. The third kappa shape index (κ3) is 4.98. The van der Waals surface area contributed by atoms with Gasteiger partial charge in [0.05, 0.1) is 39.8 Å². The molecule has 5 rings (SSSR count). The second kappa shape index (κ2) is 9.82. The monoisotopic (exact) mass is 451 g/mol. The maximum absolute atomic E-state index is 6.46. The van der Waals surface area contributed by atoms with Gasteiger partial charge >= 0.3 is 0 Å². The van der Waals surface area contributed by atoms with Gasteiger partial charge in [0, 0.05) is 36.7 Å². The van der Waals surface area contributed by atoms with Crippen molar-refractivity contribution in [2.75, 3.05) is 51.5 Å². The molecule has 8 heteroatoms. The Kier molecular flexibility index (Phi) is 6.48. The fraction of sp³-hybridized carbons (Fsp3) is 0.400. The molecule has 0 amide bonds. The summed E-state index contributed by atoms with van der Waals surface area (Å²) >= 11 is 0. The molecule has 0 spiro atoms. The normalized spacial score (nSPS) is 22.9. The highest BCUT2D eigenvalue weighted by Gasteiger charge is 2.44. The van der Waals surface area contributed by atoms with Gasteiger partial charge in [-0.25, -0.2) is 4.98 Å². The van der Waals surface area contributed by atoms with E-state index >= 15 is 0 Å². The lowest BCUT2D eigenvalue weighted by atomic mass is 10.1. The number of rotatable bonds is 8. The van der Waals surface area contributed by atoms with Gasteiger partial charge in [-0.3, -0.25) is 0 Å². The standard InChI is InChI=1S/C25H29N3O5/c1-29-22-6-2-20(3-7-22)25(18-27-11-10-26-19-27)32-17-24(33-25)16-31-23-8-4-21(5-9-23)28-12-14-30-15-13-28/h2-11,19,24H,12-18H2,1H3.